The molecular weight excluding hydrogens is 430 g/mol. The minimum Gasteiger partial charge on any atom is -0.407 e. The number of fused-ring (bicyclic) bond motifs is 1. The van der Waals surface area contributed by atoms with Crippen molar-refractivity contribution in [1.29, 1.82) is 0 Å². The van der Waals surface area contributed by atoms with Crippen molar-refractivity contribution in [2.75, 3.05) is 13.2 Å². The number of hydrogen-bond donors (Lipinski definition) is 0. The van der Waals surface area contributed by atoms with Gasteiger partial charge in [-0.3, -0.25) is 14.6 Å². The van der Waals surface area contributed by atoms with E-state index in [0.717, 1.165) is 40.8 Å². The van der Waals surface area contributed by atoms with E-state index >= 15 is 0 Å². The third-order valence-corrected chi connectivity index (χ3v) is 6.16. The van der Waals surface area contributed by atoms with Crippen LogP contribution in [0.5, 0.6) is 5.88 Å². The molecule has 1 aliphatic rings. The second kappa shape index (κ2) is 9.58. The monoisotopic (exact) mass is 463 g/mol. The summed E-state index contributed by atoms with van der Waals surface area (Å²) in [6.07, 6.45) is 3.23. The van der Waals surface area contributed by atoms with Crippen LogP contribution in [0.4, 0.5) is 0 Å². The van der Waals surface area contributed by atoms with Gasteiger partial charge in [-0.05, 0) is 74.6 Å². The second-order valence-corrected chi connectivity index (χ2v) is 9.58. The first-order chi connectivity index (χ1) is 16.3. The van der Waals surface area contributed by atoms with Gasteiger partial charge in [-0.25, -0.2) is 9.36 Å². The van der Waals surface area contributed by atoms with Crippen molar-refractivity contribution in [1.82, 2.24) is 14.3 Å². The second-order valence-electron chi connectivity index (χ2n) is 9.58. The van der Waals surface area contributed by atoms with Gasteiger partial charge in [0.2, 0.25) is 5.88 Å². The van der Waals surface area contributed by atoms with E-state index in [9.17, 15) is 9.59 Å². The summed E-state index contributed by atoms with van der Waals surface area (Å²) in [4.78, 5) is 31.3. The topological polar surface area (TPSA) is 75.4 Å². The van der Waals surface area contributed by atoms with Gasteiger partial charge in [0, 0.05) is 11.8 Å². The van der Waals surface area contributed by atoms with Gasteiger partial charge in [0.15, 0.2) is 0 Å². The maximum Gasteiger partial charge on any atom is 0.317 e. The number of esters is 1. The first kappa shape index (κ1) is 24.0. The van der Waals surface area contributed by atoms with E-state index in [-0.39, 0.29) is 11.5 Å². The lowest BCUT2D eigenvalue weighted by Gasteiger charge is -2.20. The highest BCUT2D eigenvalue weighted by Crippen LogP contribution is 2.38. The third kappa shape index (κ3) is 4.44. The molecule has 7 nitrogen and oxygen atoms in total. The normalized spacial score (nSPS) is 13.9. The van der Waals surface area contributed by atoms with Crippen LogP contribution in [0.3, 0.4) is 0 Å². The summed E-state index contributed by atoms with van der Waals surface area (Å²) >= 11 is 0. The minimum atomic E-state index is -0.707. The molecule has 180 valence electrons. The lowest BCUT2D eigenvalue weighted by Crippen LogP contribution is -2.27. The molecule has 7 heteroatoms. The van der Waals surface area contributed by atoms with Gasteiger partial charge < -0.3 is 9.47 Å². The zero-order valence-corrected chi connectivity index (χ0v) is 20.7. The maximum atomic E-state index is 13.8. The average Bonchev–Trinajstić information content (AvgIpc) is 2.98. The molecule has 0 saturated carbocycles. The zero-order valence-electron chi connectivity index (χ0n) is 20.7. The lowest BCUT2D eigenvalue weighted by atomic mass is 9.90. The van der Waals surface area contributed by atoms with E-state index in [1.165, 1.54) is 0 Å². The highest BCUT2D eigenvalue weighted by atomic mass is 16.5. The number of pyridine rings is 1. The molecular formula is C27H33N3O4. The molecule has 0 bridgehead atoms. The Bertz CT molecular complexity index is 1220. The number of ether oxygens (including phenoxy) is 2. The van der Waals surface area contributed by atoms with Crippen LogP contribution >= 0.6 is 0 Å². The highest BCUT2D eigenvalue weighted by Gasteiger charge is 2.32. The Labute approximate surface area is 200 Å². The summed E-state index contributed by atoms with van der Waals surface area (Å²) in [7, 11) is 0. The van der Waals surface area contributed by atoms with Gasteiger partial charge in [-0.1, -0.05) is 19.9 Å². The van der Waals surface area contributed by atoms with E-state index in [1.54, 1.807) is 15.6 Å². The van der Waals surface area contributed by atoms with Crippen molar-refractivity contribution in [3.8, 4) is 28.3 Å². The summed E-state index contributed by atoms with van der Waals surface area (Å²) in [6.45, 7) is 11.3. The number of carbonyl (C=O) groups is 1. The molecule has 3 aromatic rings. The van der Waals surface area contributed by atoms with Gasteiger partial charge in [-0.2, -0.15) is 0 Å². The molecule has 3 heterocycles. The lowest BCUT2D eigenvalue weighted by molar-refractivity contribution is -0.143. The molecule has 0 unspecified atom stereocenters. The van der Waals surface area contributed by atoms with Crippen LogP contribution in [0.25, 0.3) is 22.4 Å². The van der Waals surface area contributed by atoms with Crippen molar-refractivity contribution < 1.29 is 14.3 Å². The average molecular weight is 464 g/mol. The Morgan fingerprint density at radius 3 is 2.24 bits per heavy atom. The molecule has 0 saturated heterocycles. The fraction of sp³-hybridized carbons (Fsp3) is 0.444. The Morgan fingerprint density at radius 1 is 1.03 bits per heavy atom. The third-order valence-electron chi connectivity index (χ3n) is 6.16. The molecule has 34 heavy (non-hydrogen) atoms. The number of nitrogens with zero attached hydrogens (tertiary/aromatic N) is 3. The summed E-state index contributed by atoms with van der Waals surface area (Å²) < 4.78 is 15.0. The maximum absolute atomic E-state index is 13.8. The molecule has 0 spiro atoms. The summed E-state index contributed by atoms with van der Waals surface area (Å²) in [5.41, 5.74) is 4.42. The van der Waals surface area contributed by atoms with Crippen molar-refractivity contribution in [2.24, 2.45) is 5.41 Å². The molecule has 1 aromatic carbocycles. The van der Waals surface area contributed by atoms with Crippen LogP contribution in [-0.4, -0.2) is 33.5 Å². The molecule has 0 aliphatic carbocycles. The van der Waals surface area contributed by atoms with Crippen LogP contribution in [-0.2, 0) is 35.5 Å². The number of hydrogen-bond acceptors (Lipinski definition) is 5. The number of rotatable bonds is 5. The van der Waals surface area contributed by atoms with Crippen LogP contribution in [0, 0.1) is 5.41 Å². The SMILES string of the molecule is CCc1cc(-c2ccccn2)cc(CC)c1-c1c(OC(=O)C(C)(C)C)n2n(c1=O)CCOCC2. The Kier molecular flexibility index (Phi) is 6.75. The number of aryl methyl sites for hydroxylation is 2. The Balaban J connectivity index is 1.98. The van der Waals surface area contributed by atoms with E-state index < -0.39 is 5.41 Å². The standard InChI is InChI=1S/C27H33N3O4/c1-6-18-16-20(21-10-8-9-11-28-21)17-19(7-2)22(18)23-24(31)29-12-14-33-15-13-30(29)25(23)34-26(32)27(3,4)5/h8-11,16-17H,6-7,12-15H2,1-5H3. The van der Waals surface area contributed by atoms with E-state index in [0.29, 0.717) is 37.7 Å². The summed E-state index contributed by atoms with van der Waals surface area (Å²) in [5, 5.41) is 0. The van der Waals surface area contributed by atoms with Crippen molar-refractivity contribution in [3.05, 3.63) is 58.0 Å². The number of benzene rings is 1. The molecule has 0 radical (unpaired) electrons. The molecule has 0 atom stereocenters. The van der Waals surface area contributed by atoms with E-state index in [1.807, 2.05) is 39.0 Å². The van der Waals surface area contributed by atoms with Gasteiger partial charge in [0.25, 0.3) is 5.56 Å². The molecule has 2 aromatic heterocycles. The molecule has 0 fully saturated rings. The number of carbonyl (C=O) groups excluding carboxylic acids is 1. The Hall–Kier alpha value is -3.19. The van der Waals surface area contributed by atoms with Crippen molar-refractivity contribution >= 4 is 5.97 Å². The first-order valence-corrected chi connectivity index (χ1v) is 12.0. The smallest absolute Gasteiger partial charge is 0.317 e. The fourth-order valence-corrected chi connectivity index (χ4v) is 4.30. The van der Waals surface area contributed by atoms with Gasteiger partial charge in [0.05, 0.1) is 37.4 Å². The highest BCUT2D eigenvalue weighted by molar-refractivity contribution is 5.83. The van der Waals surface area contributed by atoms with Crippen LogP contribution in [0.1, 0.15) is 45.7 Å². The van der Waals surface area contributed by atoms with Crippen molar-refractivity contribution in [3.63, 3.8) is 0 Å². The predicted octanol–water partition coefficient (Wildman–Crippen LogP) is 4.49. The zero-order chi connectivity index (χ0) is 24.5. The summed E-state index contributed by atoms with van der Waals surface area (Å²) in [5.74, 6) is -0.0635. The van der Waals surface area contributed by atoms with Gasteiger partial charge in [0.1, 0.15) is 5.56 Å². The largest absolute Gasteiger partial charge is 0.407 e. The fourth-order valence-electron chi connectivity index (χ4n) is 4.30. The van der Waals surface area contributed by atoms with E-state index in [4.69, 9.17) is 9.47 Å². The van der Waals surface area contributed by atoms with Crippen LogP contribution in [0.2, 0.25) is 0 Å². The Morgan fingerprint density at radius 2 is 1.68 bits per heavy atom. The van der Waals surface area contributed by atoms with Gasteiger partial charge >= 0.3 is 5.97 Å². The number of aromatic nitrogens is 3. The van der Waals surface area contributed by atoms with E-state index in [2.05, 4.69) is 31.0 Å². The summed E-state index contributed by atoms with van der Waals surface area (Å²) in [6, 6.07) is 10.1. The molecule has 0 N–H and O–H groups in total. The minimum absolute atomic E-state index is 0.155. The quantitative estimate of drug-likeness (QED) is 0.522. The van der Waals surface area contributed by atoms with Gasteiger partial charge in [-0.15, -0.1) is 0 Å². The predicted molar refractivity (Wildman–Crippen MR) is 132 cm³/mol. The van der Waals surface area contributed by atoms with Crippen LogP contribution < -0.4 is 10.3 Å². The molecule has 1 aliphatic heterocycles. The van der Waals surface area contributed by atoms with Crippen molar-refractivity contribution in [2.45, 2.75) is 60.5 Å². The first-order valence-electron chi connectivity index (χ1n) is 12.0. The molecule has 4 rings (SSSR count). The molecule has 0 amide bonds. The van der Waals surface area contributed by atoms with Crippen LogP contribution in [0.15, 0.2) is 41.3 Å².